The lowest BCUT2D eigenvalue weighted by Crippen LogP contribution is -2.23. The lowest BCUT2D eigenvalue weighted by atomic mass is 9.91. The first-order chi connectivity index (χ1) is 15.2. The largest absolute Gasteiger partial charge is 0.481 e. The minimum atomic E-state index is -0.134. The van der Waals surface area contributed by atoms with Crippen LogP contribution in [0.15, 0.2) is 84.6 Å². The lowest BCUT2D eigenvalue weighted by molar-refractivity contribution is 0.0958. The Hall–Kier alpha value is -3.99. The highest BCUT2D eigenvalue weighted by Crippen LogP contribution is 2.39. The molecule has 0 N–H and O–H groups in total. The number of pyridine rings is 1. The van der Waals surface area contributed by atoms with Crippen LogP contribution in [0.3, 0.4) is 0 Å². The SMILES string of the molecule is COc1ccc(C2=C(C)Cc3c(-c4ccccc4)c(-c4ccccc4)nn3C2=O)cn1. The van der Waals surface area contributed by atoms with Crippen LogP contribution in [0, 0.1) is 0 Å². The van der Waals surface area contributed by atoms with Gasteiger partial charge in [0.15, 0.2) is 0 Å². The molecule has 0 bridgehead atoms. The van der Waals surface area contributed by atoms with Crippen LogP contribution in [-0.2, 0) is 6.42 Å². The van der Waals surface area contributed by atoms with Crippen molar-refractivity contribution in [1.29, 1.82) is 0 Å². The van der Waals surface area contributed by atoms with Gasteiger partial charge in [0.1, 0.15) is 5.69 Å². The average molecular weight is 407 g/mol. The van der Waals surface area contributed by atoms with E-state index in [4.69, 9.17) is 9.84 Å². The van der Waals surface area contributed by atoms with Crippen molar-refractivity contribution >= 4 is 11.5 Å². The summed E-state index contributed by atoms with van der Waals surface area (Å²) in [6, 6.07) is 23.8. The van der Waals surface area contributed by atoms with Crippen molar-refractivity contribution in [2.45, 2.75) is 13.3 Å². The van der Waals surface area contributed by atoms with Crippen molar-refractivity contribution in [3.63, 3.8) is 0 Å². The van der Waals surface area contributed by atoms with Gasteiger partial charge in [-0.25, -0.2) is 4.98 Å². The third kappa shape index (κ3) is 3.24. The summed E-state index contributed by atoms with van der Waals surface area (Å²) >= 11 is 0. The Kier molecular flexibility index (Phi) is 4.71. The molecule has 0 fully saturated rings. The van der Waals surface area contributed by atoms with E-state index in [1.807, 2.05) is 61.5 Å². The molecule has 5 heteroatoms. The molecule has 31 heavy (non-hydrogen) atoms. The van der Waals surface area contributed by atoms with Gasteiger partial charge in [-0.2, -0.15) is 9.78 Å². The lowest BCUT2D eigenvalue weighted by Gasteiger charge is -2.19. The van der Waals surface area contributed by atoms with Crippen molar-refractivity contribution in [1.82, 2.24) is 14.8 Å². The highest BCUT2D eigenvalue weighted by Gasteiger charge is 2.31. The number of hydrogen-bond donors (Lipinski definition) is 0. The Labute approximate surface area is 180 Å². The molecule has 0 radical (unpaired) electrons. The maximum Gasteiger partial charge on any atom is 0.279 e. The summed E-state index contributed by atoms with van der Waals surface area (Å²) in [5, 5.41) is 4.81. The molecule has 0 aliphatic carbocycles. The number of fused-ring (bicyclic) bond motifs is 1. The van der Waals surface area contributed by atoms with Crippen LogP contribution in [0.1, 0.15) is 23.0 Å². The first kappa shape index (κ1) is 19.0. The van der Waals surface area contributed by atoms with Crippen molar-refractivity contribution < 1.29 is 9.53 Å². The fraction of sp³-hybridized carbons (Fsp3) is 0.115. The van der Waals surface area contributed by atoms with Crippen LogP contribution in [0.4, 0.5) is 0 Å². The molecule has 0 unspecified atom stereocenters. The van der Waals surface area contributed by atoms with Crippen LogP contribution in [0.2, 0.25) is 0 Å². The molecular formula is C26H21N3O2. The maximum absolute atomic E-state index is 13.6. The Bertz CT molecular complexity index is 1290. The van der Waals surface area contributed by atoms with E-state index in [2.05, 4.69) is 17.1 Å². The summed E-state index contributed by atoms with van der Waals surface area (Å²) in [6.45, 7) is 2.00. The standard InChI is InChI=1S/C26H21N3O2/c1-17-15-21-24(18-9-5-3-6-10-18)25(19-11-7-4-8-12-19)28-29(21)26(30)23(17)20-13-14-22(31-2)27-16-20/h3-14,16H,15H2,1-2H3. The van der Waals surface area contributed by atoms with E-state index in [-0.39, 0.29) is 5.91 Å². The molecule has 4 aromatic rings. The summed E-state index contributed by atoms with van der Waals surface area (Å²) in [5.41, 5.74) is 7.19. The molecule has 0 amide bonds. The highest BCUT2D eigenvalue weighted by molar-refractivity contribution is 6.22. The minimum Gasteiger partial charge on any atom is -0.481 e. The number of carbonyl (C=O) groups is 1. The Morgan fingerprint density at radius 3 is 2.16 bits per heavy atom. The van der Waals surface area contributed by atoms with Gasteiger partial charge in [-0.05, 0) is 18.6 Å². The van der Waals surface area contributed by atoms with E-state index in [0.29, 0.717) is 17.9 Å². The quantitative estimate of drug-likeness (QED) is 0.461. The number of ether oxygens (including phenoxy) is 1. The molecule has 5 nitrogen and oxygen atoms in total. The summed E-state index contributed by atoms with van der Waals surface area (Å²) in [5.74, 6) is 0.382. The smallest absolute Gasteiger partial charge is 0.279 e. The van der Waals surface area contributed by atoms with Crippen LogP contribution < -0.4 is 4.74 Å². The minimum absolute atomic E-state index is 0.134. The third-order valence-electron chi connectivity index (χ3n) is 5.59. The molecule has 0 atom stereocenters. The number of allylic oxidation sites excluding steroid dienone is 2. The average Bonchev–Trinajstić information content (AvgIpc) is 3.20. The third-order valence-corrected chi connectivity index (χ3v) is 5.59. The van der Waals surface area contributed by atoms with Gasteiger partial charge in [0.2, 0.25) is 5.88 Å². The Balaban J connectivity index is 1.69. The highest BCUT2D eigenvalue weighted by atomic mass is 16.5. The van der Waals surface area contributed by atoms with Gasteiger partial charge in [-0.15, -0.1) is 0 Å². The first-order valence-electron chi connectivity index (χ1n) is 10.1. The molecule has 1 aliphatic heterocycles. The summed E-state index contributed by atoms with van der Waals surface area (Å²) in [6.07, 6.45) is 2.32. The van der Waals surface area contributed by atoms with Crippen molar-refractivity contribution in [2.24, 2.45) is 0 Å². The zero-order valence-corrected chi connectivity index (χ0v) is 17.4. The predicted molar refractivity (Wildman–Crippen MR) is 121 cm³/mol. The van der Waals surface area contributed by atoms with E-state index in [1.54, 1.807) is 24.1 Å². The first-order valence-corrected chi connectivity index (χ1v) is 10.1. The second-order valence-electron chi connectivity index (χ2n) is 7.54. The second kappa shape index (κ2) is 7.69. The van der Waals surface area contributed by atoms with Gasteiger partial charge in [0.25, 0.3) is 5.91 Å². The van der Waals surface area contributed by atoms with Gasteiger partial charge in [-0.1, -0.05) is 66.2 Å². The fourth-order valence-electron chi connectivity index (χ4n) is 4.14. The number of hydrogen-bond acceptors (Lipinski definition) is 4. The van der Waals surface area contributed by atoms with Gasteiger partial charge >= 0.3 is 0 Å². The molecule has 3 heterocycles. The van der Waals surface area contributed by atoms with Crippen LogP contribution >= 0.6 is 0 Å². The number of benzene rings is 2. The molecule has 5 rings (SSSR count). The normalized spacial score (nSPS) is 13.3. The number of carbonyl (C=O) groups excluding carboxylic acids is 1. The van der Waals surface area contributed by atoms with E-state index in [0.717, 1.165) is 39.2 Å². The molecule has 2 aromatic carbocycles. The number of aromatic nitrogens is 3. The second-order valence-corrected chi connectivity index (χ2v) is 7.54. The van der Waals surface area contributed by atoms with Crippen LogP contribution in [0.25, 0.3) is 28.0 Å². The molecule has 0 saturated carbocycles. The molecular weight excluding hydrogens is 386 g/mol. The van der Waals surface area contributed by atoms with Crippen LogP contribution in [-0.4, -0.2) is 27.8 Å². The van der Waals surface area contributed by atoms with Gasteiger partial charge in [0.05, 0.1) is 12.8 Å². The Morgan fingerprint density at radius 2 is 1.55 bits per heavy atom. The molecule has 152 valence electrons. The van der Waals surface area contributed by atoms with Crippen molar-refractivity contribution in [3.8, 4) is 28.3 Å². The van der Waals surface area contributed by atoms with Crippen molar-refractivity contribution in [2.75, 3.05) is 7.11 Å². The van der Waals surface area contributed by atoms with Crippen LogP contribution in [0.5, 0.6) is 5.88 Å². The predicted octanol–water partition coefficient (Wildman–Crippen LogP) is 5.29. The fourth-order valence-corrected chi connectivity index (χ4v) is 4.14. The van der Waals surface area contributed by atoms with Gasteiger partial charge < -0.3 is 4.74 Å². The number of nitrogens with zero attached hydrogens (tertiary/aromatic N) is 3. The van der Waals surface area contributed by atoms with Gasteiger partial charge in [-0.3, -0.25) is 4.79 Å². The number of methoxy groups -OCH3 is 1. The monoisotopic (exact) mass is 407 g/mol. The molecule has 0 saturated heterocycles. The maximum atomic E-state index is 13.6. The van der Waals surface area contributed by atoms with Gasteiger partial charge in [0, 0.05) is 40.9 Å². The van der Waals surface area contributed by atoms with E-state index in [1.165, 1.54) is 0 Å². The molecule has 2 aromatic heterocycles. The Morgan fingerprint density at radius 1 is 0.871 bits per heavy atom. The summed E-state index contributed by atoms with van der Waals surface area (Å²) < 4.78 is 6.72. The molecule has 0 spiro atoms. The number of rotatable bonds is 4. The zero-order chi connectivity index (χ0) is 21.4. The summed E-state index contributed by atoms with van der Waals surface area (Å²) in [4.78, 5) is 17.9. The van der Waals surface area contributed by atoms with E-state index in [9.17, 15) is 4.79 Å². The summed E-state index contributed by atoms with van der Waals surface area (Å²) in [7, 11) is 1.57. The topological polar surface area (TPSA) is 57.0 Å². The van der Waals surface area contributed by atoms with Crippen molar-refractivity contribution in [3.05, 3.63) is 95.8 Å². The van der Waals surface area contributed by atoms with E-state index >= 15 is 0 Å². The van der Waals surface area contributed by atoms with E-state index < -0.39 is 0 Å². The molecule has 1 aliphatic rings. The zero-order valence-electron chi connectivity index (χ0n) is 17.4.